The maximum absolute atomic E-state index is 12.4. The van der Waals surface area contributed by atoms with Crippen LogP contribution in [-0.2, 0) is 4.79 Å². The third-order valence-electron chi connectivity index (χ3n) is 3.10. The van der Waals surface area contributed by atoms with Crippen molar-refractivity contribution in [2.24, 2.45) is 0 Å². The Bertz CT molecular complexity index is 811. The van der Waals surface area contributed by atoms with Crippen molar-refractivity contribution in [2.75, 3.05) is 0 Å². The average molecular weight is 347 g/mol. The molecule has 0 radical (unpaired) electrons. The molecule has 1 aliphatic carbocycles. The number of allylic oxidation sites excluding steroid dienone is 1. The Hall–Kier alpha value is -2.47. The minimum absolute atomic E-state index is 0.0266. The molecule has 21 heavy (non-hydrogen) atoms. The van der Waals surface area contributed by atoms with Gasteiger partial charge in [-0.2, -0.15) is 0 Å². The molecule has 1 heterocycles. The van der Waals surface area contributed by atoms with Crippen molar-refractivity contribution < 1.29 is 23.9 Å². The van der Waals surface area contributed by atoms with Crippen molar-refractivity contribution in [3.8, 4) is 5.75 Å². The molecule has 0 saturated heterocycles. The summed E-state index contributed by atoms with van der Waals surface area (Å²) in [6, 6.07) is 5.59. The first-order chi connectivity index (χ1) is 9.99. The lowest BCUT2D eigenvalue weighted by Crippen LogP contribution is -2.20. The lowest BCUT2D eigenvalue weighted by atomic mass is 9.94. The normalized spacial score (nSPS) is 13.9. The number of aromatic hydroxyl groups is 1. The van der Waals surface area contributed by atoms with Gasteiger partial charge in [-0.1, -0.05) is 0 Å². The van der Waals surface area contributed by atoms with Crippen molar-refractivity contribution in [1.82, 2.24) is 0 Å². The summed E-state index contributed by atoms with van der Waals surface area (Å²) in [6.45, 7) is 0. The Balaban J connectivity index is 2.10. The summed E-state index contributed by atoms with van der Waals surface area (Å²) in [7, 11) is 0. The van der Waals surface area contributed by atoms with Gasteiger partial charge in [-0.25, -0.2) is 0 Å². The van der Waals surface area contributed by atoms with Crippen LogP contribution < -0.4 is 0 Å². The van der Waals surface area contributed by atoms with Gasteiger partial charge in [0.1, 0.15) is 17.8 Å². The summed E-state index contributed by atoms with van der Waals surface area (Å²) < 4.78 is 5.29. The average Bonchev–Trinajstić information content (AvgIpc) is 2.88. The van der Waals surface area contributed by atoms with E-state index in [0.717, 1.165) is 6.26 Å². The number of furan rings is 1. The second-order valence-corrected chi connectivity index (χ2v) is 5.27. The SMILES string of the molecule is O=C1C(=O)c2c(C(=O)c3ccc(O)cc3)coc2C=C1Br. The first-order valence-corrected chi connectivity index (χ1v) is 6.70. The molecule has 104 valence electrons. The number of Topliss-reactive ketones (excluding diaryl/α,β-unsaturated/α-hetero) is 2. The second kappa shape index (κ2) is 4.82. The molecule has 1 N–H and O–H groups in total. The fourth-order valence-corrected chi connectivity index (χ4v) is 2.44. The van der Waals surface area contributed by atoms with Crippen LogP contribution in [0.1, 0.15) is 32.0 Å². The predicted octanol–water partition coefficient (Wildman–Crippen LogP) is 2.72. The van der Waals surface area contributed by atoms with E-state index in [-0.39, 0.29) is 32.7 Å². The number of fused-ring (bicyclic) bond motifs is 1. The first kappa shape index (κ1) is 13.5. The van der Waals surface area contributed by atoms with E-state index in [2.05, 4.69) is 15.9 Å². The Labute approximate surface area is 127 Å². The van der Waals surface area contributed by atoms with Gasteiger partial charge in [-0.3, -0.25) is 14.4 Å². The number of halogens is 1. The van der Waals surface area contributed by atoms with Crippen LogP contribution in [0.25, 0.3) is 6.08 Å². The maximum atomic E-state index is 12.4. The molecule has 5 nitrogen and oxygen atoms in total. The molecule has 1 aromatic heterocycles. The van der Waals surface area contributed by atoms with E-state index in [0.29, 0.717) is 0 Å². The van der Waals surface area contributed by atoms with Gasteiger partial charge in [0.25, 0.3) is 0 Å². The number of phenolic OH excluding ortho intramolecular Hbond substituents is 1. The number of benzene rings is 1. The molecule has 0 bridgehead atoms. The highest BCUT2D eigenvalue weighted by Gasteiger charge is 2.33. The van der Waals surface area contributed by atoms with E-state index < -0.39 is 17.3 Å². The van der Waals surface area contributed by atoms with Gasteiger partial charge in [0.15, 0.2) is 5.78 Å². The minimum atomic E-state index is -0.782. The van der Waals surface area contributed by atoms with Crippen molar-refractivity contribution in [3.05, 3.63) is 57.5 Å². The van der Waals surface area contributed by atoms with E-state index in [1.165, 1.54) is 30.3 Å². The second-order valence-electron chi connectivity index (χ2n) is 4.42. The van der Waals surface area contributed by atoms with Crippen molar-refractivity contribution in [2.45, 2.75) is 0 Å². The molecule has 0 atom stereocenters. The monoisotopic (exact) mass is 346 g/mol. The zero-order chi connectivity index (χ0) is 15.1. The molecule has 2 aromatic rings. The summed E-state index contributed by atoms with van der Waals surface area (Å²) in [5.74, 6) is -1.75. The summed E-state index contributed by atoms with van der Waals surface area (Å²) in [4.78, 5) is 36.1. The number of carbonyl (C=O) groups is 3. The molecular weight excluding hydrogens is 340 g/mol. The third kappa shape index (κ3) is 2.13. The van der Waals surface area contributed by atoms with Crippen LogP contribution >= 0.6 is 15.9 Å². The third-order valence-corrected chi connectivity index (χ3v) is 3.69. The van der Waals surface area contributed by atoms with Crippen LogP contribution in [0.2, 0.25) is 0 Å². The maximum Gasteiger partial charge on any atom is 0.240 e. The highest BCUT2D eigenvalue weighted by atomic mass is 79.9. The van der Waals surface area contributed by atoms with E-state index >= 15 is 0 Å². The molecule has 3 rings (SSSR count). The zero-order valence-electron chi connectivity index (χ0n) is 10.4. The Morgan fingerprint density at radius 1 is 1.10 bits per heavy atom. The number of carbonyl (C=O) groups excluding carboxylic acids is 3. The van der Waals surface area contributed by atoms with Crippen molar-refractivity contribution >= 4 is 39.4 Å². The van der Waals surface area contributed by atoms with Gasteiger partial charge < -0.3 is 9.52 Å². The molecule has 0 unspecified atom stereocenters. The molecule has 1 aliphatic rings. The highest BCUT2D eigenvalue weighted by molar-refractivity contribution is 9.12. The molecule has 0 amide bonds. The number of hydrogen-bond donors (Lipinski definition) is 1. The largest absolute Gasteiger partial charge is 0.508 e. The number of ketones is 3. The van der Waals surface area contributed by atoms with Crippen LogP contribution in [-0.4, -0.2) is 22.5 Å². The first-order valence-electron chi connectivity index (χ1n) is 5.90. The van der Waals surface area contributed by atoms with Gasteiger partial charge in [0.05, 0.1) is 15.6 Å². The van der Waals surface area contributed by atoms with Crippen LogP contribution in [0, 0.1) is 0 Å². The molecular formula is C15H7BrO5. The summed E-state index contributed by atoms with van der Waals surface area (Å²) in [5.41, 5.74) is 0.289. The molecule has 1 aromatic carbocycles. The van der Waals surface area contributed by atoms with Gasteiger partial charge in [-0.15, -0.1) is 0 Å². The number of hydrogen-bond acceptors (Lipinski definition) is 5. The number of phenols is 1. The topological polar surface area (TPSA) is 84.6 Å². The zero-order valence-corrected chi connectivity index (χ0v) is 12.0. The smallest absolute Gasteiger partial charge is 0.240 e. The number of rotatable bonds is 2. The summed E-state index contributed by atoms with van der Waals surface area (Å²) >= 11 is 2.98. The highest BCUT2D eigenvalue weighted by Crippen LogP contribution is 2.30. The van der Waals surface area contributed by atoms with Gasteiger partial charge in [0.2, 0.25) is 11.6 Å². The van der Waals surface area contributed by atoms with E-state index in [1.807, 2.05) is 0 Å². The predicted molar refractivity (Wildman–Crippen MR) is 76.5 cm³/mol. The Morgan fingerprint density at radius 3 is 2.43 bits per heavy atom. The lowest BCUT2D eigenvalue weighted by Gasteiger charge is -2.07. The Morgan fingerprint density at radius 2 is 1.76 bits per heavy atom. The molecule has 6 heteroatoms. The molecule has 0 aliphatic heterocycles. The van der Waals surface area contributed by atoms with Crippen LogP contribution in [0.4, 0.5) is 0 Å². The fraction of sp³-hybridized carbons (Fsp3) is 0. The van der Waals surface area contributed by atoms with E-state index in [1.54, 1.807) is 0 Å². The Kier molecular flexibility index (Phi) is 3.10. The molecule has 0 fully saturated rings. The van der Waals surface area contributed by atoms with Crippen LogP contribution in [0.3, 0.4) is 0 Å². The fourth-order valence-electron chi connectivity index (χ4n) is 2.05. The van der Waals surface area contributed by atoms with Gasteiger partial charge in [0, 0.05) is 5.56 Å². The lowest BCUT2D eigenvalue weighted by molar-refractivity contribution is -0.111. The standard InChI is InChI=1S/C15H7BrO5/c16-10-5-11-12(15(20)14(10)19)9(6-21-11)13(18)7-1-3-8(17)4-2-7/h1-6,17H. The van der Waals surface area contributed by atoms with Crippen LogP contribution in [0.15, 0.2) is 39.4 Å². The van der Waals surface area contributed by atoms with E-state index in [9.17, 15) is 19.5 Å². The molecule has 0 saturated carbocycles. The molecule has 0 spiro atoms. The van der Waals surface area contributed by atoms with Gasteiger partial charge >= 0.3 is 0 Å². The summed E-state index contributed by atoms with van der Waals surface area (Å²) in [5, 5.41) is 9.23. The van der Waals surface area contributed by atoms with E-state index in [4.69, 9.17) is 4.42 Å². The summed E-state index contributed by atoms with van der Waals surface area (Å²) in [6.07, 6.45) is 2.53. The van der Waals surface area contributed by atoms with Crippen molar-refractivity contribution in [1.29, 1.82) is 0 Å². The van der Waals surface area contributed by atoms with Gasteiger partial charge in [-0.05, 0) is 46.3 Å². The van der Waals surface area contributed by atoms with Crippen LogP contribution in [0.5, 0.6) is 5.75 Å². The quantitative estimate of drug-likeness (QED) is 0.667. The minimum Gasteiger partial charge on any atom is -0.508 e. The van der Waals surface area contributed by atoms with Crippen molar-refractivity contribution in [3.63, 3.8) is 0 Å².